The van der Waals surface area contributed by atoms with Crippen LogP contribution in [-0.2, 0) is 59.6 Å². The summed E-state index contributed by atoms with van der Waals surface area (Å²) in [6.07, 6.45) is -6.54. The number of benzene rings is 4. The highest BCUT2D eigenvalue weighted by Crippen LogP contribution is 2.38. The summed E-state index contributed by atoms with van der Waals surface area (Å²) in [4.78, 5) is 12.8. The zero-order chi connectivity index (χ0) is 32.9. The lowest BCUT2D eigenvalue weighted by atomic mass is 9.90. The normalized spacial score (nSPS) is 21.3. The number of hydrogen-bond donors (Lipinski definition) is 0. The van der Waals surface area contributed by atoms with Crippen LogP contribution in [0, 0.1) is 0 Å². The zero-order valence-corrected chi connectivity index (χ0v) is 26.3. The highest BCUT2D eigenvalue weighted by atomic mass is 19.3. The summed E-state index contributed by atoms with van der Waals surface area (Å²) in [5.74, 6) is -5.78. The van der Waals surface area contributed by atoms with E-state index >= 15 is 8.78 Å². The zero-order valence-electron chi connectivity index (χ0n) is 26.3. The van der Waals surface area contributed by atoms with Gasteiger partial charge in [0, 0.05) is 0 Å². The maximum Gasteiger partial charge on any atom is 0.379 e. The molecule has 7 nitrogen and oxygen atoms in total. The van der Waals surface area contributed by atoms with Gasteiger partial charge < -0.3 is 28.4 Å². The summed E-state index contributed by atoms with van der Waals surface area (Å²) < 4.78 is 68.4. The molecule has 3 unspecified atom stereocenters. The first-order valence-corrected chi connectivity index (χ1v) is 15.7. The predicted molar refractivity (Wildman–Crippen MR) is 171 cm³/mol. The van der Waals surface area contributed by atoms with Gasteiger partial charge in [-0.1, -0.05) is 121 Å². The van der Waals surface area contributed by atoms with Gasteiger partial charge in [0.2, 0.25) is 0 Å². The Balaban J connectivity index is 1.50. The Kier molecular flexibility index (Phi) is 12.6. The molecule has 1 aliphatic heterocycles. The topological polar surface area (TPSA) is 72.5 Å². The summed E-state index contributed by atoms with van der Waals surface area (Å²) in [5, 5.41) is 0. The fraction of sp³-hybridized carbons (Fsp3) is 0.342. The SMILES string of the molecule is CCOC(=O)C(F)(F)[C@@H]1OC(COCc2ccccc2)[C@@H](OCc2ccccc2)C(OCc2ccccc2)C1OCc1ccccc1. The van der Waals surface area contributed by atoms with E-state index in [1.807, 2.05) is 121 Å². The average molecular weight is 647 g/mol. The van der Waals surface area contributed by atoms with Gasteiger partial charge in [-0.2, -0.15) is 8.78 Å². The van der Waals surface area contributed by atoms with Crippen molar-refractivity contribution in [3.05, 3.63) is 144 Å². The number of esters is 1. The summed E-state index contributed by atoms with van der Waals surface area (Å²) in [6, 6.07) is 37.5. The fourth-order valence-corrected chi connectivity index (χ4v) is 5.42. The Labute approximate surface area is 274 Å². The van der Waals surface area contributed by atoms with Crippen molar-refractivity contribution in [3.63, 3.8) is 0 Å². The van der Waals surface area contributed by atoms with Crippen LogP contribution < -0.4 is 0 Å². The molecule has 4 aromatic carbocycles. The van der Waals surface area contributed by atoms with Crippen LogP contribution in [0.5, 0.6) is 0 Å². The third-order valence-corrected chi connectivity index (χ3v) is 7.79. The molecule has 5 rings (SSSR count). The quantitative estimate of drug-likeness (QED) is 0.122. The van der Waals surface area contributed by atoms with Crippen molar-refractivity contribution in [2.45, 2.75) is 69.8 Å². The molecule has 0 bridgehead atoms. The van der Waals surface area contributed by atoms with Gasteiger partial charge in [0.1, 0.15) is 24.4 Å². The lowest BCUT2D eigenvalue weighted by Gasteiger charge is -2.47. The van der Waals surface area contributed by atoms with E-state index in [1.54, 1.807) is 0 Å². The molecule has 0 aliphatic carbocycles. The van der Waals surface area contributed by atoms with Crippen LogP contribution in [0.2, 0.25) is 0 Å². The van der Waals surface area contributed by atoms with Crippen LogP contribution in [0.25, 0.3) is 0 Å². The molecule has 1 heterocycles. The minimum Gasteiger partial charge on any atom is -0.461 e. The van der Waals surface area contributed by atoms with Crippen molar-refractivity contribution in [2.75, 3.05) is 13.2 Å². The molecule has 9 heteroatoms. The van der Waals surface area contributed by atoms with Crippen LogP contribution in [0.4, 0.5) is 8.78 Å². The summed E-state index contributed by atoms with van der Waals surface area (Å²) in [6.45, 7) is 1.55. The van der Waals surface area contributed by atoms with Gasteiger partial charge in [0.15, 0.2) is 6.10 Å². The van der Waals surface area contributed by atoms with E-state index < -0.39 is 42.4 Å². The molecule has 1 aliphatic rings. The highest BCUT2D eigenvalue weighted by molar-refractivity contribution is 5.78. The maximum absolute atomic E-state index is 16.1. The van der Waals surface area contributed by atoms with E-state index in [1.165, 1.54) is 6.92 Å². The van der Waals surface area contributed by atoms with Crippen molar-refractivity contribution in [2.24, 2.45) is 0 Å². The molecule has 0 aromatic heterocycles. The molecule has 0 radical (unpaired) electrons. The van der Waals surface area contributed by atoms with Crippen molar-refractivity contribution >= 4 is 5.97 Å². The fourth-order valence-electron chi connectivity index (χ4n) is 5.42. The van der Waals surface area contributed by atoms with Crippen molar-refractivity contribution in [1.82, 2.24) is 0 Å². The number of carbonyl (C=O) groups excluding carboxylic acids is 1. The molecule has 0 amide bonds. The standard InChI is InChI=1S/C38H40F2O7/c1-2-43-37(41)38(39,40)36-35(46-26-31-21-13-6-14-22-31)34(45-25-30-19-11-5-12-20-30)33(44-24-29-17-9-4-10-18-29)32(47-36)27-42-23-28-15-7-3-8-16-28/h3-22,32-36H,2,23-27H2,1H3/t32?,33-,34?,35?,36-/m1/s1. The predicted octanol–water partition coefficient (Wildman–Crippen LogP) is 6.93. The Morgan fingerprint density at radius 3 is 1.47 bits per heavy atom. The van der Waals surface area contributed by atoms with Crippen LogP contribution >= 0.6 is 0 Å². The van der Waals surface area contributed by atoms with Crippen LogP contribution in [0.15, 0.2) is 121 Å². The smallest absolute Gasteiger partial charge is 0.379 e. The monoisotopic (exact) mass is 646 g/mol. The third kappa shape index (κ3) is 9.53. The number of alkyl halides is 2. The molecule has 4 aromatic rings. The first-order chi connectivity index (χ1) is 23.0. The molecule has 1 saturated heterocycles. The molecular formula is C38H40F2O7. The Morgan fingerprint density at radius 1 is 0.617 bits per heavy atom. The Bertz CT molecular complexity index is 1480. The third-order valence-electron chi connectivity index (χ3n) is 7.79. The van der Waals surface area contributed by atoms with Gasteiger partial charge in [-0.25, -0.2) is 4.79 Å². The first kappa shape index (κ1) is 34.3. The van der Waals surface area contributed by atoms with E-state index in [0.717, 1.165) is 22.3 Å². The van der Waals surface area contributed by atoms with Gasteiger partial charge in [-0.15, -0.1) is 0 Å². The van der Waals surface area contributed by atoms with Gasteiger partial charge in [-0.05, 0) is 29.2 Å². The van der Waals surface area contributed by atoms with Gasteiger partial charge in [0.25, 0.3) is 0 Å². The molecule has 0 N–H and O–H groups in total. The van der Waals surface area contributed by atoms with E-state index in [2.05, 4.69) is 0 Å². The van der Waals surface area contributed by atoms with Crippen LogP contribution in [0.3, 0.4) is 0 Å². The average Bonchev–Trinajstić information content (AvgIpc) is 3.11. The largest absolute Gasteiger partial charge is 0.461 e. The summed E-state index contributed by atoms with van der Waals surface area (Å²) in [5.41, 5.74) is 3.36. The molecular weight excluding hydrogens is 606 g/mol. The van der Waals surface area contributed by atoms with Crippen molar-refractivity contribution < 1.29 is 42.0 Å². The van der Waals surface area contributed by atoms with Gasteiger partial charge in [-0.3, -0.25) is 0 Å². The number of rotatable bonds is 16. The van der Waals surface area contributed by atoms with E-state index in [4.69, 9.17) is 28.4 Å². The van der Waals surface area contributed by atoms with Crippen LogP contribution in [-0.4, -0.2) is 55.6 Å². The molecule has 47 heavy (non-hydrogen) atoms. The van der Waals surface area contributed by atoms with E-state index in [9.17, 15) is 4.79 Å². The molecule has 5 atom stereocenters. The van der Waals surface area contributed by atoms with E-state index in [-0.39, 0.29) is 39.6 Å². The number of halogens is 2. The number of hydrogen-bond acceptors (Lipinski definition) is 7. The van der Waals surface area contributed by atoms with Crippen LogP contribution in [0.1, 0.15) is 29.2 Å². The molecule has 0 saturated carbocycles. The first-order valence-electron chi connectivity index (χ1n) is 15.7. The summed E-state index contributed by atoms with van der Waals surface area (Å²) >= 11 is 0. The number of carbonyl (C=O) groups is 1. The second-order valence-electron chi connectivity index (χ2n) is 11.2. The molecule has 248 valence electrons. The van der Waals surface area contributed by atoms with Gasteiger partial charge in [0.05, 0.1) is 39.6 Å². The second kappa shape index (κ2) is 17.2. The Morgan fingerprint density at radius 2 is 1.02 bits per heavy atom. The lowest BCUT2D eigenvalue weighted by Crippen LogP contribution is -2.66. The lowest BCUT2D eigenvalue weighted by molar-refractivity contribution is -0.307. The summed E-state index contributed by atoms with van der Waals surface area (Å²) in [7, 11) is 0. The molecule has 1 fully saturated rings. The molecule has 0 spiro atoms. The minimum absolute atomic E-state index is 0.0317. The highest BCUT2D eigenvalue weighted by Gasteiger charge is 2.61. The van der Waals surface area contributed by atoms with Gasteiger partial charge >= 0.3 is 11.9 Å². The number of ether oxygens (including phenoxy) is 6. The van der Waals surface area contributed by atoms with Crippen molar-refractivity contribution in [1.29, 1.82) is 0 Å². The van der Waals surface area contributed by atoms with E-state index in [0.29, 0.717) is 0 Å². The van der Waals surface area contributed by atoms with Crippen molar-refractivity contribution in [3.8, 4) is 0 Å². The maximum atomic E-state index is 16.1. The minimum atomic E-state index is -4.08. The second-order valence-corrected chi connectivity index (χ2v) is 11.2. The Hall–Kier alpha value is -3.99.